The normalized spacial score (nSPS) is 16.6. The topological polar surface area (TPSA) is 12.0 Å². The Balaban J connectivity index is 2.10. The molecule has 2 rings (SSSR count). The number of hydrogen-bond donors (Lipinski definition) is 1. The molecule has 0 aliphatic heterocycles. The second kappa shape index (κ2) is 6.54. The highest BCUT2D eigenvalue weighted by Gasteiger charge is 2.22. The van der Waals surface area contributed by atoms with Crippen LogP contribution in [0.15, 0.2) is 66.4 Å². The van der Waals surface area contributed by atoms with Gasteiger partial charge in [-0.1, -0.05) is 43.4 Å². The first kappa shape index (κ1) is 15.9. The first-order chi connectivity index (χ1) is 10.4. The molecule has 0 bridgehead atoms. The van der Waals surface area contributed by atoms with Gasteiger partial charge in [0.1, 0.15) is 0 Å². The smallest absolute Gasteiger partial charge is 0.0519 e. The maximum absolute atomic E-state index is 5.46. The van der Waals surface area contributed by atoms with Gasteiger partial charge < -0.3 is 5.32 Å². The number of allylic oxidation sites excluding steroid dienone is 3. The fraction of sp³-hybridized carbons (Fsp3) is 0.238. The quantitative estimate of drug-likeness (QED) is 0.604. The van der Waals surface area contributed by atoms with Crippen molar-refractivity contribution in [1.82, 2.24) is 5.32 Å². The van der Waals surface area contributed by atoms with Crippen molar-refractivity contribution in [2.45, 2.75) is 32.7 Å². The molecule has 1 N–H and O–H groups in total. The molecule has 1 nitrogen and oxygen atoms in total. The number of fused-ring (bicyclic) bond motifs is 1. The Bertz CT molecular complexity index is 710. The fourth-order valence-corrected chi connectivity index (χ4v) is 2.63. The zero-order valence-electron chi connectivity index (χ0n) is 13.5. The SMILES string of the molecule is C#Cc1ccc2c(c1)CCC2NC(=C)C(=C)/C=C(\C)C(=C)C. The van der Waals surface area contributed by atoms with Crippen molar-refractivity contribution in [2.75, 3.05) is 0 Å². The Morgan fingerprint density at radius 1 is 1.32 bits per heavy atom. The molecule has 1 atom stereocenters. The molecular weight excluding hydrogens is 266 g/mol. The molecule has 1 aliphatic rings. The molecule has 0 radical (unpaired) electrons. The van der Waals surface area contributed by atoms with E-state index < -0.39 is 0 Å². The van der Waals surface area contributed by atoms with Gasteiger partial charge in [-0.15, -0.1) is 6.42 Å². The highest BCUT2D eigenvalue weighted by Crippen LogP contribution is 2.32. The second-order valence-electron chi connectivity index (χ2n) is 5.91. The van der Waals surface area contributed by atoms with Crippen LogP contribution in [0.1, 0.15) is 43.0 Å². The van der Waals surface area contributed by atoms with Crippen LogP contribution in [0.25, 0.3) is 0 Å². The summed E-state index contributed by atoms with van der Waals surface area (Å²) in [5.74, 6) is 2.69. The van der Waals surface area contributed by atoms with E-state index >= 15 is 0 Å². The third kappa shape index (κ3) is 3.40. The van der Waals surface area contributed by atoms with Gasteiger partial charge in [0.2, 0.25) is 0 Å². The zero-order valence-corrected chi connectivity index (χ0v) is 13.5. The van der Waals surface area contributed by atoms with Crippen molar-refractivity contribution in [1.29, 1.82) is 0 Å². The standard InChI is InChI=1S/C21H23N/c1-7-18-8-10-20-19(13-18)9-11-21(20)22-17(6)16(5)12-15(4)14(2)3/h1,8,10,12-13,21-22H,2,5-6,9,11H2,3-4H3/b15-12+. The van der Waals surface area contributed by atoms with Crippen molar-refractivity contribution >= 4 is 0 Å². The van der Waals surface area contributed by atoms with Crippen molar-refractivity contribution in [3.8, 4) is 12.3 Å². The summed E-state index contributed by atoms with van der Waals surface area (Å²) in [6, 6.07) is 6.52. The number of aryl methyl sites for hydroxylation is 1. The minimum Gasteiger partial charge on any atom is -0.378 e. The lowest BCUT2D eigenvalue weighted by Gasteiger charge is -2.18. The lowest BCUT2D eigenvalue weighted by Crippen LogP contribution is -2.18. The average molecular weight is 289 g/mol. The molecule has 1 aromatic rings. The van der Waals surface area contributed by atoms with Crippen LogP contribution in [0, 0.1) is 12.3 Å². The molecule has 0 saturated carbocycles. The summed E-state index contributed by atoms with van der Waals surface area (Å²) in [7, 11) is 0. The summed E-state index contributed by atoms with van der Waals surface area (Å²) in [5, 5.41) is 3.50. The molecule has 22 heavy (non-hydrogen) atoms. The highest BCUT2D eigenvalue weighted by molar-refractivity contribution is 5.45. The summed E-state index contributed by atoms with van der Waals surface area (Å²) in [6.07, 6.45) is 9.59. The van der Waals surface area contributed by atoms with Crippen molar-refractivity contribution in [2.24, 2.45) is 0 Å². The molecule has 1 aliphatic carbocycles. The summed E-state index contributed by atoms with van der Waals surface area (Å²) in [5.41, 5.74) is 7.52. The molecule has 1 heteroatoms. The van der Waals surface area contributed by atoms with E-state index in [1.807, 2.05) is 26.0 Å². The number of benzene rings is 1. The Kier molecular flexibility index (Phi) is 4.73. The van der Waals surface area contributed by atoms with Gasteiger partial charge in [-0.2, -0.15) is 0 Å². The predicted molar refractivity (Wildman–Crippen MR) is 95.4 cm³/mol. The maximum Gasteiger partial charge on any atom is 0.0519 e. The first-order valence-corrected chi connectivity index (χ1v) is 7.50. The Hall–Kier alpha value is -2.46. The minimum atomic E-state index is 0.282. The van der Waals surface area contributed by atoms with Crippen LogP contribution in [0.5, 0.6) is 0 Å². The number of rotatable bonds is 5. The molecule has 1 unspecified atom stereocenters. The van der Waals surface area contributed by atoms with Crippen molar-refractivity contribution in [3.05, 3.63) is 83.1 Å². The van der Waals surface area contributed by atoms with E-state index in [1.165, 1.54) is 11.1 Å². The Morgan fingerprint density at radius 2 is 2.05 bits per heavy atom. The van der Waals surface area contributed by atoms with Crippen molar-refractivity contribution < 1.29 is 0 Å². The summed E-state index contributed by atoms with van der Waals surface area (Å²) >= 11 is 0. The molecule has 0 aromatic heterocycles. The van der Waals surface area contributed by atoms with E-state index in [0.717, 1.165) is 40.8 Å². The van der Waals surface area contributed by atoms with E-state index in [2.05, 4.69) is 43.1 Å². The Morgan fingerprint density at radius 3 is 2.68 bits per heavy atom. The average Bonchev–Trinajstić information content (AvgIpc) is 2.89. The third-order valence-electron chi connectivity index (χ3n) is 4.19. The summed E-state index contributed by atoms with van der Waals surface area (Å²) in [4.78, 5) is 0. The van der Waals surface area contributed by atoms with Crippen LogP contribution < -0.4 is 5.32 Å². The van der Waals surface area contributed by atoms with Gasteiger partial charge in [-0.25, -0.2) is 0 Å². The largest absolute Gasteiger partial charge is 0.378 e. The van der Waals surface area contributed by atoms with Crippen LogP contribution in [-0.4, -0.2) is 0 Å². The van der Waals surface area contributed by atoms with E-state index in [4.69, 9.17) is 6.42 Å². The van der Waals surface area contributed by atoms with Crippen LogP contribution >= 0.6 is 0 Å². The zero-order chi connectivity index (χ0) is 16.3. The fourth-order valence-electron chi connectivity index (χ4n) is 2.63. The molecule has 112 valence electrons. The number of terminal acetylenes is 1. The van der Waals surface area contributed by atoms with E-state index in [1.54, 1.807) is 0 Å². The molecule has 0 amide bonds. The van der Waals surface area contributed by atoms with Gasteiger partial charge in [0.05, 0.1) is 6.04 Å². The molecule has 0 heterocycles. The van der Waals surface area contributed by atoms with E-state index in [-0.39, 0.29) is 6.04 Å². The van der Waals surface area contributed by atoms with Gasteiger partial charge in [0, 0.05) is 11.3 Å². The molecular formula is C21H23N. The van der Waals surface area contributed by atoms with Gasteiger partial charge in [0.25, 0.3) is 0 Å². The summed E-state index contributed by atoms with van der Waals surface area (Å²) in [6.45, 7) is 16.2. The first-order valence-electron chi connectivity index (χ1n) is 7.50. The summed E-state index contributed by atoms with van der Waals surface area (Å²) < 4.78 is 0. The molecule has 1 aromatic carbocycles. The van der Waals surface area contributed by atoms with Crippen molar-refractivity contribution in [3.63, 3.8) is 0 Å². The van der Waals surface area contributed by atoms with Gasteiger partial charge in [-0.3, -0.25) is 0 Å². The number of nitrogens with one attached hydrogen (secondary N) is 1. The Labute approximate surface area is 134 Å². The predicted octanol–water partition coefficient (Wildman–Crippen LogP) is 4.84. The van der Waals surface area contributed by atoms with Gasteiger partial charge in [0.15, 0.2) is 0 Å². The minimum absolute atomic E-state index is 0.282. The van der Waals surface area contributed by atoms with Crippen LogP contribution in [0.2, 0.25) is 0 Å². The van der Waals surface area contributed by atoms with Crippen LogP contribution in [-0.2, 0) is 6.42 Å². The lowest BCUT2D eigenvalue weighted by molar-refractivity contribution is 0.600. The molecule has 0 saturated heterocycles. The third-order valence-corrected chi connectivity index (χ3v) is 4.19. The highest BCUT2D eigenvalue weighted by atomic mass is 14.9. The van der Waals surface area contributed by atoms with E-state index in [0.29, 0.717) is 0 Å². The van der Waals surface area contributed by atoms with E-state index in [9.17, 15) is 0 Å². The molecule has 0 spiro atoms. The maximum atomic E-state index is 5.46. The number of hydrogen-bond acceptors (Lipinski definition) is 1. The van der Waals surface area contributed by atoms with Gasteiger partial charge >= 0.3 is 0 Å². The van der Waals surface area contributed by atoms with Gasteiger partial charge in [-0.05, 0) is 61.1 Å². The monoisotopic (exact) mass is 289 g/mol. The van der Waals surface area contributed by atoms with Crippen LogP contribution in [0.3, 0.4) is 0 Å². The second-order valence-corrected chi connectivity index (χ2v) is 5.91. The van der Waals surface area contributed by atoms with Crippen LogP contribution in [0.4, 0.5) is 0 Å². The lowest BCUT2D eigenvalue weighted by atomic mass is 10.0. The molecule has 0 fully saturated rings.